The van der Waals surface area contributed by atoms with Crippen LogP contribution in [0.15, 0.2) is 29.5 Å². The van der Waals surface area contributed by atoms with Gasteiger partial charge in [-0.3, -0.25) is 9.59 Å². The van der Waals surface area contributed by atoms with E-state index >= 15 is 0 Å². The van der Waals surface area contributed by atoms with Crippen molar-refractivity contribution >= 4 is 35.2 Å². The molecule has 8 heteroatoms. The monoisotopic (exact) mass is 462 g/mol. The van der Waals surface area contributed by atoms with Crippen molar-refractivity contribution in [2.24, 2.45) is 17.8 Å². The average molecular weight is 463 g/mol. The summed E-state index contributed by atoms with van der Waals surface area (Å²) in [6.45, 7) is 0. The molecule has 164 valence electrons. The van der Waals surface area contributed by atoms with Crippen LogP contribution in [-0.2, 0) is 9.59 Å². The van der Waals surface area contributed by atoms with E-state index in [2.05, 4.69) is 5.32 Å². The van der Waals surface area contributed by atoms with Gasteiger partial charge in [0.05, 0.1) is 0 Å². The summed E-state index contributed by atoms with van der Waals surface area (Å²) in [6.07, 6.45) is 6.71. The molecular weight excluding hydrogens is 439 g/mol. The highest BCUT2D eigenvalue weighted by Crippen LogP contribution is 2.56. The first kappa shape index (κ1) is 19.9. The van der Waals surface area contributed by atoms with E-state index in [1.807, 2.05) is 0 Å². The lowest BCUT2D eigenvalue weighted by Gasteiger charge is -2.56. The summed E-state index contributed by atoms with van der Waals surface area (Å²) in [6, 6.07) is 3.54. The molecular formula is C23H24ClFN2O3S. The molecule has 0 aromatic heterocycles. The van der Waals surface area contributed by atoms with Gasteiger partial charge in [-0.1, -0.05) is 17.7 Å². The first-order chi connectivity index (χ1) is 14.8. The summed E-state index contributed by atoms with van der Waals surface area (Å²) < 4.78 is 13.5. The van der Waals surface area contributed by atoms with Crippen molar-refractivity contribution in [1.29, 1.82) is 0 Å². The van der Waals surface area contributed by atoms with Crippen LogP contribution >= 0.6 is 23.4 Å². The Balaban J connectivity index is 1.25. The number of thioether (sulfide) groups is 1. The van der Waals surface area contributed by atoms with Gasteiger partial charge < -0.3 is 15.3 Å². The largest absolute Gasteiger partial charge is 0.509 e. The summed E-state index contributed by atoms with van der Waals surface area (Å²) in [4.78, 5) is 28.1. The Kier molecular flexibility index (Phi) is 4.42. The number of aliphatic hydroxyl groups excluding tert-OH is 1. The lowest BCUT2D eigenvalue weighted by Crippen LogP contribution is -2.60. The normalized spacial score (nSPS) is 38.2. The van der Waals surface area contributed by atoms with Crippen LogP contribution in [0.4, 0.5) is 4.39 Å². The van der Waals surface area contributed by atoms with Crippen molar-refractivity contribution in [2.45, 2.75) is 55.5 Å². The number of benzene rings is 1. The minimum absolute atomic E-state index is 0.135. The molecule has 0 radical (unpaired) electrons. The Bertz CT molecular complexity index is 993. The third kappa shape index (κ3) is 3.03. The molecule has 1 aromatic rings. The van der Waals surface area contributed by atoms with Gasteiger partial charge in [-0.15, -0.1) is 11.8 Å². The third-order valence-electron chi connectivity index (χ3n) is 7.89. The topological polar surface area (TPSA) is 69.6 Å². The van der Waals surface area contributed by atoms with E-state index in [4.69, 9.17) is 11.6 Å². The molecule has 31 heavy (non-hydrogen) atoms. The number of carbonyl (C=O) groups is 2. The van der Waals surface area contributed by atoms with Crippen LogP contribution in [-0.4, -0.2) is 39.2 Å². The zero-order valence-corrected chi connectivity index (χ0v) is 18.5. The van der Waals surface area contributed by atoms with Crippen LogP contribution in [0.25, 0.3) is 0 Å². The number of halogens is 2. The fourth-order valence-electron chi connectivity index (χ4n) is 7.09. The van der Waals surface area contributed by atoms with Gasteiger partial charge in [0.25, 0.3) is 11.8 Å². The number of amides is 2. The number of nitrogens with one attached hydrogen (secondary N) is 1. The molecule has 1 aromatic carbocycles. The van der Waals surface area contributed by atoms with Gasteiger partial charge in [0.15, 0.2) is 0 Å². The van der Waals surface area contributed by atoms with Gasteiger partial charge in [-0.2, -0.15) is 0 Å². The average Bonchev–Trinajstić information content (AvgIpc) is 3.20. The molecule has 7 rings (SSSR count). The molecule has 5 nitrogen and oxygen atoms in total. The number of fused-ring (bicyclic) bond motifs is 1. The van der Waals surface area contributed by atoms with Crippen molar-refractivity contribution < 1.29 is 19.1 Å². The van der Waals surface area contributed by atoms with Crippen LogP contribution in [0.1, 0.15) is 49.5 Å². The first-order valence-corrected chi connectivity index (χ1v) is 12.4. The van der Waals surface area contributed by atoms with E-state index < -0.39 is 29.0 Å². The number of nitrogens with zero attached hydrogens (tertiary/aromatic N) is 1. The second-order valence-corrected chi connectivity index (χ2v) is 11.5. The molecule has 6 aliphatic rings. The highest BCUT2D eigenvalue weighted by molar-refractivity contribution is 7.99. The number of hydrogen-bond donors (Lipinski definition) is 2. The molecule has 0 spiro atoms. The Hall–Kier alpha value is -1.73. The highest BCUT2D eigenvalue weighted by Gasteiger charge is 2.54. The molecule has 2 atom stereocenters. The van der Waals surface area contributed by atoms with Crippen LogP contribution in [0.2, 0.25) is 5.02 Å². The quantitative estimate of drug-likeness (QED) is 0.656. The van der Waals surface area contributed by atoms with Gasteiger partial charge in [-0.05, 0) is 68.4 Å². The van der Waals surface area contributed by atoms with E-state index in [-0.39, 0.29) is 21.9 Å². The maximum absolute atomic E-state index is 13.5. The van der Waals surface area contributed by atoms with Crippen molar-refractivity contribution in [3.05, 3.63) is 45.9 Å². The number of carbonyl (C=O) groups excluding carboxylic acids is 2. The molecule has 2 amide bonds. The Morgan fingerprint density at radius 2 is 1.84 bits per heavy atom. The summed E-state index contributed by atoms with van der Waals surface area (Å²) in [5.74, 6) is 0.934. The Morgan fingerprint density at radius 1 is 1.19 bits per heavy atom. The molecule has 2 N–H and O–H groups in total. The summed E-state index contributed by atoms with van der Waals surface area (Å²) in [5.41, 5.74) is 0.240. The van der Waals surface area contributed by atoms with Gasteiger partial charge in [0.1, 0.15) is 28.6 Å². The van der Waals surface area contributed by atoms with Crippen molar-refractivity contribution in [3.63, 3.8) is 0 Å². The zero-order valence-electron chi connectivity index (χ0n) is 16.9. The summed E-state index contributed by atoms with van der Waals surface area (Å²) in [5, 5.41) is 13.8. The zero-order chi connectivity index (χ0) is 21.5. The summed E-state index contributed by atoms with van der Waals surface area (Å²) >= 11 is 7.70. The van der Waals surface area contributed by atoms with Crippen LogP contribution in [0.5, 0.6) is 0 Å². The molecule has 4 aliphatic carbocycles. The van der Waals surface area contributed by atoms with E-state index in [1.54, 1.807) is 6.07 Å². The number of aliphatic hydroxyl groups is 1. The van der Waals surface area contributed by atoms with Crippen LogP contribution in [0, 0.1) is 23.6 Å². The molecule has 5 fully saturated rings. The van der Waals surface area contributed by atoms with E-state index in [9.17, 15) is 19.1 Å². The molecule has 2 heterocycles. The van der Waals surface area contributed by atoms with Crippen LogP contribution < -0.4 is 5.32 Å². The minimum atomic E-state index is -0.555. The fraction of sp³-hybridized carbons (Fsp3) is 0.565. The molecule has 4 saturated carbocycles. The molecule has 1 saturated heterocycles. The van der Waals surface area contributed by atoms with E-state index in [0.717, 1.165) is 19.3 Å². The summed E-state index contributed by atoms with van der Waals surface area (Å²) in [7, 11) is 0. The molecule has 0 unspecified atom stereocenters. The number of hydrogen-bond acceptors (Lipinski definition) is 4. The smallest absolute Gasteiger partial charge is 0.264 e. The molecule has 4 bridgehead atoms. The maximum atomic E-state index is 13.5. The lowest BCUT2D eigenvalue weighted by atomic mass is 9.53. The van der Waals surface area contributed by atoms with Crippen molar-refractivity contribution in [3.8, 4) is 0 Å². The SMILES string of the molecule is O=C(NC12CC3CC(CC(C3)C1)C2)C1=C(O)[C@@H]2CS[C@@H](c3ccc(F)cc3Cl)N2C1=O. The van der Waals surface area contributed by atoms with Crippen molar-refractivity contribution in [1.82, 2.24) is 10.2 Å². The fourth-order valence-corrected chi connectivity index (χ4v) is 8.90. The Morgan fingerprint density at radius 3 is 2.45 bits per heavy atom. The lowest BCUT2D eigenvalue weighted by molar-refractivity contribution is -0.131. The second kappa shape index (κ2) is 6.88. The van der Waals surface area contributed by atoms with E-state index in [0.29, 0.717) is 29.1 Å². The second-order valence-electron chi connectivity index (χ2n) is 9.99. The highest BCUT2D eigenvalue weighted by atomic mass is 35.5. The predicted octanol–water partition coefficient (Wildman–Crippen LogP) is 4.33. The Labute approximate surface area is 189 Å². The molecule has 2 aliphatic heterocycles. The standard InChI is InChI=1S/C23H24ClFN2O3S/c24-16-6-14(25)1-2-15(16)22-27-17(10-31-22)19(28)18(21(27)30)20(29)26-23-7-11-3-12(8-23)5-13(4-11)9-23/h1-2,6,11-13,17,22,28H,3-5,7-10H2,(H,26,29)/t11?,12?,13?,17-,22-,23?/m0/s1. The maximum Gasteiger partial charge on any atom is 0.264 e. The van der Waals surface area contributed by atoms with Gasteiger partial charge in [0.2, 0.25) is 0 Å². The minimum Gasteiger partial charge on any atom is -0.509 e. The van der Waals surface area contributed by atoms with Gasteiger partial charge >= 0.3 is 0 Å². The van der Waals surface area contributed by atoms with E-state index in [1.165, 1.54) is 48.1 Å². The van der Waals surface area contributed by atoms with Gasteiger partial charge in [0, 0.05) is 21.9 Å². The van der Waals surface area contributed by atoms with Gasteiger partial charge in [-0.25, -0.2) is 4.39 Å². The van der Waals surface area contributed by atoms with Crippen molar-refractivity contribution in [2.75, 3.05) is 5.75 Å². The predicted molar refractivity (Wildman–Crippen MR) is 116 cm³/mol. The third-order valence-corrected chi connectivity index (χ3v) is 9.53. The number of rotatable bonds is 3. The first-order valence-electron chi connectivity index (χ1n) is 11.0. The van der Waals surface area contributed by atoms with Crippen LogP contribution in [0.3, 0.4) is 0 Å².